The maximum absolute atomic E-state index is 14.0. The summed E-state index contributed by atoms with van der Waals surface area (Å²) in [5.74, 6) is 2.62. The van der Waals surface area contributed by atoms with Crippen LogP contribution >= 0.6 is 27.3 Å². The lowest BCUT2D eigenvalue weighted by atomic mass is 9.95. The number of fused-ring (bicyclic) bond motifs is 1. The van der Waals surface area contributed by atoms with Crippen molar-refractivity contribution < 1.29 is 23.4 Å². The highest BCUT2D eigenvalue weighted by atomic mass is 79.9. The molecular formula is C30H34BrN3O6S. The number of thiazole rings is 1. The Hall–Kier alpha value is -3.31. The van der Waals surface area contributed by atoms with E-state index in [4.69, 9.17) is 18.6 Å². The number of nitrogens with zero attached hydrogens (tertiary/aromatic N) is 3. The number of esters is 1. The van der Waals surface area contributed by atoms with Gasteiger partial charge in [-0.1, -0.05) is 34.2 Å². The van der Waals surface area contributed by atoms with Crippen molar-refractivity contribution >= 4 is 45.2 Å². The van der Waals surface area contributed by atoms with Crippen LogP contribution in [0.15, 0.2) is 54.2 Å². The molecule has 11 heteroatoms. The first-order valence-electron chi connectivity index (χ1n) is 13.8. The molecule has 1 fully saturated rings. The summed E-state index contributed by atoms with van der Waals surface area (Å²) in [6.07, 6.45) is 4.00. The van der Waals surface area contributed by atoms with Crippen LogP contribution in [0.2, 0.25) is 0 Å². The molecule has 0 spiro atoms. The van der Waals surface area contributed by atoms with Crippen molar-refractivity contribution in [3.63, 3.8) is 0 Å². The third-order valence-electron chi connectivity index (χ3n) is 7.38. The number of rotatable bonds is 8. The van der Waals surface area contributed by atoms with E-state index in [-0.39, 0.29) is 12.2 Å². The first kappa shape index (κ1) is 29.2. The Balaban J connectivity index is 1.64. The summed E-state index contributed by atoms with van der Waals surface area (Å²) in [6.45, 7) is 10.2. The highest BCUT2D eigenvalue weighted by Crippen LogP contribution is 2.41. The van der Waals surface area contributed by atoms with Gasteiger partial charge in [-0.05, 0) is 63.3 Å². The van der Waals surface area contributed by atoms with Crippen molar-refractivity contribution in [1.82, 2.24) is 4.57 Å². The molecule has 0 unspecified atom stereocenters. The van der Waals surface area contributed by atoms with Crippen LogP contribution in [0.25, 0.3) is 6.08 Å². The molecule has 2 aliphatic rings. The van der Waals surface area contributed by atoms with Crippen molar-refractivity contribution in [3.8, 4) is 11.5 Å². The normalized spacial score (nSPS) is 17.9. The maximum atomic E-state index is 14.0. The Morgan fingerprint density at radius 1 is 1.20 bits per heavy atom. The largest absolute Gasteiger partial charge is 0.493 e. The molecule has 1 aromatic carbocycles. The quantitative estimate of drug-likeness (QED) is 0.326. The van der Waals surface area contributed by atoms with Crippen molar-refractivity contribution in [3.05, 3.63) is 71.0 Å². The number of furan rings is 1. The Morgan fingerprint density at radius 3 is 2.63 bits per heavy atom. The number of methoxy groups -OCH3 is 1. The minimum atomic E-state index is -0.797. The molecule has 3 aromatic rings. The average Bonchev–Trinajstić information content (AvgIpc) is 3.53. The van der Waals surface area contributed by atoms with E-state index < -0.39 is 12.0 Å². The number of hydrogen-bond donors (Lipinski definition) is 0. The van der Waals surface area contributed by atoms with Gasteiger partial charge in [-0.25, -0.2) is 9.79 Å². The fraction of sp³-hybridized carbons (Fsp3) is 0.433. The van der Waals surface area contributed by atoms with Crippen LogP contribution in [-0.4, -0.2) is 43.9 Å². The highest BCUT2D eigenvalue weighted by Gasteiger charge is 2.35. The van der Waals surface area contributed by atoms with Gasteiger partial charge in [0.1, 0.15) is 5.76 Å². The molecule has 0 amide bonds. The number of anilines is 1. The van der Waals surface area contributed by atoms with E-state index in [0.717, 1.165) is 31.8 Å². The van der Waals surface area contributed by atoms with Crippen LogP contribution in [0.1, 0.15) is 57.9 Å². The minimum Gasteiger partial charge on any atom is -0.493 e. The van der Waals surface area contributed by atoms with Crippen LogP contribution in [0.5, 0.6) is 11.5 Å². The molecule has 1 atom stereocenters. The van der Waals surface area contributed by atoms with Crippen molar-refractivity contribution in [2.24, 2.45) is 10.9 Å². The molecule has 0 N–H and O–H groups in total. The second-order valence-electron chi connectivity index (χ2n) is 10.1. The van der Waals surface area contributed by atoms with Gasteiger partial charge in [0.25, 0.3) is 5.56 Å². The predicted octanol–water partition coefficient (Wildman–Crippen LogP) is 4.80. The molecular weight excluding hydrogens is 610 g/mol. The number of aromatic nitrogens is 1. The van der Waals surface area contributed by atoms with Crippen molar-refractivity contribution in [2.75, 3.05) is 38.3 Å². The number of halogens is 1. The number of hydrogen-bond acceptors (Lipinski definition) is 9. The Morgan fingerprint density at radius 2 is 1.95 bits per heavy atom. The summed E-state index contributed by atoms with van der Waals surface area (Å²) in [4.78, 5) is 34.7. The smallest absolute Gasteiger partial charge is 0.338 e. The third kappa shape index (κ3) is 5.74. The molecule has 1 saturated heterocycles. The second-order valence-corrected chi connectivity index (χ2v) is 12.0. The van der Waals surface area contributed by atoms with Crippen molar-refractivity contribution in [1.29, 1.82) is 0 Å². The number of piperidine rings is 1. The fourth-order valence-electron chi connectivity index (χ4n) is 5.22. The van der Waals surface area contributed by atoms with Gasteiger partial charge in [0, 0.05) is 29.7 Å². The fourth-order valence-corrected chi connectivity index (χ4v) is 6.79. The predicted molar refractivity (Wildman–Crippen MR) is 162 cm³/mol. The number of allylic oxidation sites excluding steroid dienone is 1. The topological polar surface area (TPSA) is 95.5 Å². The zero-order valence-corrected chi connectivity index (χ0v) is 26.3. The summed E-state index contributed by atoms with van der Waals surface area (Å²) in [6, 6.07) is 6.61. The minimum absolute atomic E-state index is 0.192. The highest BCUT2D eigenvalue weighted by molar-refractivity contribution is 9.10. The molecule has 0 radical (unpaired) electrons. The molecule has 4 heterocycles. The van der Waals surface area contributed by atoms with E-state index in [1.165, 1.54) is 11.3 Å². The number of ether oxygens (including phenoxy) is 3. The molecule has 2 aromatic heterocycles. The number of carbonyl (C=O) groups excluding carboxylic acids is 1. The van der Waals surface area contributed by atoms with Gasteiger partial charge in [0.2, 0.25) is 0 Å². The molecule has 0 aliphatic carbocycles. The lowest BCUT2D eigenvalue weighted by molar-refractivity contribution is -0.139. The van der Waals surface area contributed by atoms with Gasteiger partial charge in [-0.15, -0.1) is 0 Å². The monoisotopic (exact) mass is 643 g/mol. The van der Waals surface area contributed by atoms with E-state index >= 15 is 0 Å². The first-order chi connectivity index (χ1) is 19.7. The van der Waals surface area contributed by atoms with Crippen molar-refractivity contribution in [2.45, 2.75) is 46.6 Å². The van der Waals surface area contributed by atoms with E-state index in [2.05, 4.69) is 32.7 Å². The Kier molecular flexibility index (Phi) is 8.74. The summed E-state index contributed by atoms with van der Waals surface area (Å²) in [7, 11) is 1.56. The molecule has 9 nitrogen and oxygen atoms in total. The molecule has 5 rings (SSSR count). The summed E-state index contributed by atoms with van der Waals surface area (Å²) in [5, 5.41) is 0. The van der Waals surface area contributed by atoms with E-state index in [1.807, 2.05) is 19.1 Å². The summed E-state index contributed by atoms with van der Waals surface area (Å²) < 4.78 is 25.6. The third-order valence-corrected chi connectivity index (χ3v) is 9.05. The molecule has 41 heavy (non-hydrogen) atoms. The van der Waals surface area contributed by atoms with Gasteiger partial charge >= 0.3 is 5.97 Å². The molecule has 218 valence electrons. The van der Waals surface area contributed by atoms with Crippen LogP contribution < -0.4 is 29.3 Å². The first-order valence-corrected chi connectivity index (χ1v) is 15.4. The van der Waals surface area contributed by atoms with Gasteiger partial charge in [-0.3, -0.25) is 9.36 Å². The summed E-state index contributed by atoms with van der Waals surface area (Å²) >= 11 is 4.90. The number of benzene rings is 1. The van der Waals surface area contributed by atoms with Crippen LogP contribution in [0.4, 0.5) is 5.88 Å². The molecule has 0 bridgehead atoms. The van der Waals surface area contributed by atoms with Crippen LogP contribution in [0, 0.1) is 5.92 Å². The second kappa shape index (κ2) is 12.3. The van der Waals surface area contributed by atoms with E-state index in [9.17, 15) is 9.59 Å². The zero-order chi connectivity index (χ0) is 29.3. The van der Waals surface area contributed by atoms with Crippen LogP contribution in [0.3, 0.4) is 0 Å². The summed E-state index contributed by atoms with van der Waals surface area (Å²) in [5.41, 5.74) is 1.15. The molecule has 2 aliphatic heterocycles. The standard InChI is InChI=1S/C30H34BrN3O6S/c1-6-38-23-15-20(21(31)16-22(23)37-5)27-26(29(36)39-7-2)18(4)32-30-34(27)28(35)24(41-30)14-19-8-9-25(40-19)33-12-10-17(3)11-13-33/h8-9,14-17,27H,6-7,10-13H2,1-5H3/b24-14+/t27-/m0/s1. The van der Waals surface area contributed by atoms with Crippen LogP contribution in [-0.2, 0) is 9.53 Å². The molecule has 0 saturated carbocycles. The van der Waals surface area contributed by atoms with Gasteiger partial charge in [0.05, 0.1) is 42.2 Å². The lowest BCUT2D eigenvalue weighted by Crippen LogP contribution is -2.40. The Bertz CT molecular complexity index is 1660. The van der Waals surface area contributed by atoms with Gasteiger partial charge in [-0.2, -0.15) is 0 Å². The van der Waals surface area contributed by atoms with Gasteiger partial charge < -0.3 is 23.5 Å². The SMILES string of the molecule is CCOC(=O)C1=C(C)N=c2s/c(=C/c3ccc(N4CCC(C)CC4)o3)c(=O)n2[C@H]1c1cc(OCC)c(OC)cc1Br. The van der Waals surface area contributed by atoms with E-state index in [1.54, 1.807) is 43.7 Å². The zero-order valence-electron chi connectivity index (χ0n) is 23.9. The van der Waals surface area contributed by atoms with Gasteiger partial charge in [0.15, 0.2) is 22.2 Å². The maximum Gasteiger partial charge on any atom is 0.338 e. The average molecular weight is 645 g/mol. The Labute approximate surface area is 250 Å². The lowest BCUT2D eigenvalue weighted by Gasteiger charge is -2.29. The van der Waals surface area contributed by atoms with E-state index in [0.29, 0.717) is 60.4 Å². The number of carbonyl (C=O) groups is 1.